The molecule has 0 radical (unpaired) electrons. The first-order chi connectivity index (χ1) is 8.80. The maximum Gasteiger partial charge on any atom is 0.0831 e. The lowest BCUT2D eigenvalue weighted by molar-refractivity contribution is -0.102. The maximum absolute atomic E-state index is 5.84. The van der Waals surface area contributed by atoms with Crippen molar-refractivity contribution in [1.29, 1.82) is 0 Å². The molecule has 0 amide bonds. The van der Waals surface area contributed by atoms with Gasteiger partial charge in [-0.05, 0) is 57.9 Å². The van der Waals surface area contributed by atoms with Crippen molar-refractivity contribution >= 4 is 0 Å². The molecule has 1 aliphatic heterocycles. The summed E-state index contributed by atoms with van der Waals surface area (Å²) in [4.78, 5) is 0. The van der Waals surface area contributed by atoms with Crippen LogP contribution in [0.3, 0.4) is 0 Å². The van der Waals surface area contributed by atoms with Crippen molar-refractivity contribution in [1.82, 2.24) is 5.32 Å². The Morgan fingerprint density at radius 2 is 2.22 bits per heavy atom. The van der Waals surface area contributed by atoms with E-state index in [0.29, 0.717) is 12.1 Å². The fraction of sp³-hybridized carbons (Fsp3) is 1.00. The molecule has 0 bridgehead atoms. The highest BCUT2D eigenvalue weighted by Crippen LogP contribution is 2.40. The smallest absolute Gasteiger partial charge is 0.0831 e. The van der Waals surface area contributed by atoms with E-state index >= 15 is 0 Å². The third-order valence-corrected chi connectivity index (χ3v) is 4.68. The maximum atomic E-state index is 5.84. The van der Waals surface area contributed by atoms with Crippen molar-refractivity contribution in [2.75, 3.05) is 20.3 Å². The van der Waals surface area contributed by atoms with Gasteiger partial charge in [0.05, 0.1) is 11.7 Å². The molecule has 3 heteroatoms. The topological polar surface area (TPSA) is 30.5 Å². The van der Waals surface area contributed by atoms with Crippen molar-refractivity contribution in [3.63, 3.8) is 0 Å². The number of hydrogen-bond acceptors (Lipinski definition) is 3. The van der Waals surface area contributed by atoms with E-state index in [0.717, 1.165) is 13.2 Å². The monoisotopic (exact) mass is 255 g/mol. The van der Waals surface area contributed by atoms with Crippen LogP contribution in [-0.2, 0) is 9.47 Å². The van der Waals surface area contributed by atoms with Crippen LogP contribution in [0.4, 0.5) is 0 Å². The highest BCUT2D eigenvalue weighted by atomic mass is 16.5. The first-order valence-corrected chi connectivity index (χ1v) is 7.71. The first-order valence-electron chi connectivity index (χ1n) is 7.71. The van der Waals surface area contributed by atoms with Crippen molar-refractivity contribution in [3.05, 3.63) is 0 Å². The Balaban J connectivity index is 1.83. The zero-order chi connectivity index (χ0) is 12.8. The molecule has 2 unspecified atom stereocenters. The van der Waals surface area contributed by atoms with Crippen LogP contribution >= 0.6 is 0 Å². The summed E-state index contributed by atoms with van der Waals surface area (Å²) in [7, 11) is 1.88. The van der Waals surface area contributed by atoms with Crippen LogP contribution in [0.1, 0.15) is 58.3 Å². The van der Waals surface area contributed by atoms with E-state index in [-0.39, 0.29) is 5.60 Å². The highest BCUT2D eigenvalue weighted by Gasteiger charge is 2.44. The van der Waals surface area contributed by atoms with Gasteiger partial charge in [-0.1, -0.05) is 6.92 Å². The molecular formula is C15H29NO2. The van der Waals surface area contributed by atoms with Gasteiger partial charge in [-0.2, -0.15) is 0 Å². The molecule has 1 N–H and O–H groups in total. The summed E-state index contributed by atoms with van der Waals surface area (Å²) < 4.78 is 11.6. The van der Waals surface area contributed by atoms with E-state index in [1.54, 1.807) is 0 Å². The predicted octanol–water partition coefficient (Wildman–Crippen LogP) is 2.88. The summed E-state index contributed by atoms with van der Waals surface area (Å²) in [6.07, 6.45) is 10.3. The van der Waals surface area contributed by atoms with Crippen LogP contribution in [0.5, 0.6) is 0 Å². The van der Waals surface area contributed by atoms with Crippen LogP contribution in [0.2, 0.25) is 0 Å². The third kappa shape index (κ3) is 3.25. The molecular weight excluding hydrogens is 226 g/mol. The highest BCUT2D eigenvalue weighted by molar-refractivity contribution is 4.99. The second kappa shape index (κ2) is 6.88. The van der Waals surface area contributed by atoms with Gasteiger partial charge in [0.1, 0.15) is 0 Å². The van der Waals surface area contributed by atoms with Gasteiger partial charge in [-0.3, -0.25) is 0 Å². The molecule has 1 saturated heterocycles. The number of methoxy groups -OCH3 is 1. The Morgan fingerprint density at radius 3 is 2.72 bits per heavy atom. The summed E-state index contributed by atoms with van der Waals surface area (Å²) in [5, 5.41) is 3.71. The summed E-state index contributed by atoms with van der Waals surface area (Å²) in [5.41, 5.74) is 0.119. The lowest BCUT2D eigenvalue weighted by atomic mass is 9.72. The molecule has 2 fully saturated rings. The molecule has 0 aromatic carbocycles. The van der Waals surface area contributed by atoms with Crippen LogP contribution in [0.25, 0.3) is 0 Å². The third-order valence-electron chi connectivity index (χ3n) is 4.68. The van der Waals surface area contributed by atoms with Gasteiger partial charge < -0.3 is 14.8 Å². The van der Waals surface area contributed by atoms with Crippen LogP contribution in [-0.4, -0.2) is 38.0 Å². The van der Waals surface area contributed by atoms with E-state index in [1.165, 1.54) is 51.4 Å². The van der Waals surface area contributed by atoms with Gasteiger partial charge in [-0.25, -0.2) is 0 Å². The van der Waals surface area contributed by atoms with Crippen LogP contribution in [0, 0.1) is 0 Å². The summed E-state index contributed by atoms with van der Waals surface area (Å²) >= 11 is 0. The molecule has 1 aliphatic carbocycles. The summed E-state index contributed by atoms with van der Waals surface area (Å²) in [6, 6.07) is 0.514. The van der Waals surface area contributed by atoms with Crippen LogP contribution in [0.15, 0.2) is 0 Å². The van der Waals surface area contributed by atoms with E-state index in [1.807, 2.05) is 7.11 Å². The molecule has 106 valence electrons. The standard InChI is InChI=1S/C15H29NO2/c1-3-11-16-14(15(17-2)9-5-10-15)8-7-13-6-4-12-18-13/h13-14,16H,3-12H2,1-2H3. The van der Waals surface area contributed by atoms with Crippen molar-refractivity contribution in [3.8, 4) is 0 Å². The minimum atomic E-state index is 0.119. The molecule has 18 heavy (non-hydrogen) atoms. The summed E-state index contributed by atoms with van der Waals surface area (Å²) in [6.45, 7) is 4.29. The average molecular weight is 255 g/mol. The molecule has 2 atom stereocenters. The fourth-order valence-electron chi connectivity index (χ4n) is 3.31. The predicted molar refractivity (Wildman–Crippen MR) is 73.9 cm³/mol. The van der Waals surface area contributed by atoms with Gasteiger partial charge in [0.2, 0.25) is 0 Å². The molecule has 3 nitrogen and oxygen atoms in total. The Kier molecular flexibility index (Phi) is 5.46. The normalized spacial score (nSPS) is 28.0. The molecule has 1 saturated carbocycles. The van der Waals surface area contributed by atoms with Gasteiger partial charge >= 0.3 is 0 Å². The van der Waals surface area contributed by atoms with E-state index in [4.69, 9.17) is 9.47 Å². The second-order valence-corrected chi connectivity index (χ2v) is 5.84. The number of ether oxygens (including phenoxy) is 2. The second-order valence-electron chi connectivity index (χ2n) is 5.84. The van der Waals surface area contributed by atoms with Crippen LogP contribution < -0.4 is 5.32 Å². The number of rotatable bonds is 8. The Labute approximate surface area is 112 Å². The molecule has 1 heterocycles. The van der Waals surface area contributed by atoms with E-state index < -0.39 is 0 Å². The summed E-state index contributed by atoms with van der Waals surface area (Å²) in [5.74, 6) is 0. The lowest BCUT2D eigenvalue weighted by Crippen LogP contribution is -2.56. The lowest BCUT2D eigenvalue weighted by Gasteiger charge is -2.47. The van der Waals surface area contributed by atoms with Gasteiger partial charge in [0, 0.05) is 19.8 Å². The Morgan fingerprint density at radius 1 is 1.39 bits per heavy atom. The molecule has 2 aliphatic rings. The number of hydrogen-bond donors (Lipinski definition) is 1. The Hall–Kier alpha value is -0.120. The molecule has 2 rings (SSSR count). The quantitative estimate of drug-likeness (QED) is 0.723. The average Bonchev–Trinajstić information content (AvgIpc) is 2.84. The Bertz CT molecular complexity index is 229. The van der Waals surface area contributed by atoms with Gasteiger partial charge in [0.25, 0.3) is 0 Å². The van der Waals surface area contributed by atoms with Crippen molar-refractivity contribution < 1.29 is 9.47 Å². The fourth-order valence-corrected chi connectivity index (χ4v) is 3.31. The van der Waals surface area contributed by atoms with Crippen molar-refractivity contribution in [2.45, 2.75) is 76.0 Å². The minimum absolute atomic E-state index is 0.119. The van der Waals surface area contributed by atoms with Gasteiger partial charge in [0.15, 0.2) is 0 Å². The number of nitrogens with one attached hydrogen (secondary N) is 1. The van der Waals surface area contributed by atoms with Gasteiger partial charge in [-0.15, -0.1) is 0 Å². The first kappa shape index (κ1) is 14.3. The molecule has 0 aromatic heterocycles. The van der Waals surface area contributed by atoms with Crippen molar-refractivity contribution in [2.24, 2.45) is 0 Å². The SMILES string of the molecule is CCCNC(CCC1CCCO1)C1(OC)CCC1. The zero-order valence-corrected chi connectivity index (χ0v) is 12.0. The minimum Gasteiger partial charge on any atom is -0.378 e. The molecule has 0 spiro atoms. The molecule has 0 aromatic rings. The zero-order valence-electron chi connectivity index (χ0n) is 12.0. The largest absolute Gasteiger partial charge is 0.378 e. The van der Waals surface area contributed by atoms with E-state index in [2.05, 4.69) is 12.2 Å². The van der Waals surface area contributed by atoms with E-state index in [9.17, 15) is 0 Å².